The van der Waals surface area contributed by atoms with Gasteiger partial charge < -0.3 is 10.6 Å². The molecule has 1 aromatic heterocycles. The zero-order chi connectivity index (χ0) is 14.0. The van der Waals surface area contributed by atoms with Crippen LogP contribution in [0.1, 0.15) is 64.6 Å². The minimum absolute atomic E-state index is 0.357. The van der Waals surface area contributed by atoms with Crippen LogP contribution in [0.25, 0.3) is 0 Å². The van der Waals surface area contributed by atoms with Gasteiger partial charge in [0.25, 0.3) is 0 Å². The second-order valence-corrected chi connectivity index (χ2v) is 5.99. The summed E-state index contributed by atoms with van der Waals surface area (Å²) in [4.78, 5) is 2.52. The van der Waals surface area contributed by atoms with Crippen LogP contribution in [0.3, 0.4) is 0 Å². The van der Waals surface area contributed by atoms with Crippen LogP contribution in [0.5, 0.6) is 0 Å². The first-order chi connectivity index (χ1) is 9.06. The molecule has 0 amide bonds. The van der Waals surface area contributed by atoms with Crippen LogP contribution in [-0.4, -0.2) is 22.4 Å². The van der Waals surface area contributed by atoms with E-state index < -0.39 is 0 Å². The van der Waals surface area contributed by atoms with Gasteiger partial charge in [-0.2, -0.15) is 5.10 Å². The third-order valence-corrected chi connectivity index (χ3v) is 4.12. The highest BCUT2D eigenvalue weighted by atomic mass is 15.4. The van der Waals surface area contributed by atoms with E-state index in [0.29, 0.717) is 12.1 Å². The summed E-state index contributed by atoms with van der Waals surface area (Å²) in [6, 6.07) is 0.991. The molecule has 1 unspecified atom stereocenters. The van der Waals surface area contributed by atoms with E-state index in [1.54, 1.807) is 0 Å². The third-order valence-electron chi connectivity index (χ3n) is 4.12. The molecular formula is C15H28N4. The Labute approximate surface area is 117 Å². The fourth-order valence-corrected chi connectivity index (χ4v) is 3.11. The van der Waals surface area contributed by atoms with Crippen LogP contribution in [-0.2, 0) is 0 Å². The molecule has 0 aromatic carbocycles. The van der Waals surface area contributed by atoms with E-state index in [0.717, 1.165) is 23.7 Å². The van der Waals surface area contributed by atoms with Crippen molar-refractivity contribution in [1.29, 1.82) is 0 Å². The van der Waals surface area contributed by atoms with Crippen molar-refractivity contribution >= 4 is 11.5 Å². The topological polar surface area (TPSA) is 47.1 Å². The number of hydrogen-bond donors (Lipinski definition) is 1. The molecule has 0 bridgehead atoms. The van der Waals surface area contributed by atoms with Gasteiger partial charge in [0.2, 0.25) is 0 Å². The number of aromatic nitrogens is 2. The number of nitrogens with zero attached hydrogens (tertiary/aromatic N) is 3. The average Bonchev–Trinajstić information content (AvgIpc) is 2.68. The van der Waals surface area contributed by atoms with Crippen molar-refractivity contribution < 1.29 is 0 Å². The summed E-state index contributed by atoms with van der Waals surface area (Å²) in [5, 5.41) is 4.63. The van der Waals surface area contributed by atoms with Gasteiger partial charge in [-0.3, -0.25) is 0 Å². The van der Waals surface area contributed by atoms with Crippen LogP contribution in [0.2, 0.25) is 0 Å². The molecule has 0 aliphatic carbocycles. The molecule has 2 rings (SSSR count). The monoisotopic (exact) mass is 264 g/mol. The molecule has 108 valence electrons. The van der Waals surface area contributed by atoms with E-state index in [1.165, 1.54) is 32.1 Å². The maximum Gasteiger partial charge on any atom is 0.151 e. The van der Waals surface area contributed by atoms with Gasteiger partial charge in [-0.15, -0.1) is 0 Å². The first kappa shape index (κ1) is 14.2. The van der Waals surface area contributed by atoms with Gasteiger partial charge in [-0.05, 0) is 46.5 Å². The van der Waals surface area contributed by atoms with Gasteiger partial charge in [-0.25, -0.2) is 4.68 Å². The Bertz CT molecular complexity index is 420. The van der Waals surface area contributed by atoms with E-state index in [1.807, 2.05) is 6.92 Å². The van der Waals surface area contributed by atoms with Crippen LogP contribution in [0.4, 0.5) is 11.5 Å². The van der Waals surface area contributed by atoms with Crippen LogP contribution in [0, 0.1) is 6.92 Å². The van der Waals surface area contributed by atoms with E-state index >= 15 is 0 Å². The number of rotatable bonds is 4. The molecule has 1 atom stereocenters. The Balaban J connectivity index is 2.37. The Morgan fingerprint density at radius 1 is 1.37 bits per heavy atom. The van der Waals surface area contributed by atoms with Gasteiger partial charge in [0.15, 0.2) is 5.82 Å². The molecule has 0 spiro atoms. The molecule has 0 radical (unpaired) electrons. The Kier molecular flexibility index (Phi) is 4.38. The Morgan fingerprint density at radius 2 is 2.11 bits per heavy atom. The van der Waals surface area contributed by atoms with Crippen molar-refractivity contribution in [2.24, 2.45) is 0 Å². The number of anilines is 2. The van der Waals surface area contributed by atoms with Gasteiger partial charge in [0.05, 0.1) is 11.4 Å². The molecule has 4 heteroatoms. The third kappa shape index (κ3) is 2.72. The zero-order valence-corrected chi connectivity index (χ0v) is 12.8. The quantitative estimate of drug-likeness (QED) is 0.905. The molecule has 0 saturated carbocycles. The van der Waals surface area contributed by atoms with Crippen LogP contribution in [0.15, 0.2) is 0 Å². The van der Waals surface area contributed by atoms with Gasteiger partial charge in [0, 0.05) is 18.6 Å². The number of hydrogen-bond acceptors (Lipinski definition) is 3. The molecule has 1 fully saturated rings. The summed E-state index contributed by atoms with van der Waals surface area (Å²) in [7, 11) is 0. The summed E-state index contributed by atoms with van der Waals surface area (Å²) < 4.78 is 2.11. The lowest BCUT2D eigenvalue weighted by Crippen LogP contribution is -2.41. The molecule has 1 aliphatic heterocycles. The zero-order valence-electron chi connectivity index (χ0n) is 12.8. The van der Waals surface area contributed by atoms with Gasteiger partial charge >= 0.3 is 0 Å². The smallest absolute Gasteiger partial charge is 0.151 e. The largest absolute Gasteiger partial charge is 0.394 e. The number of piperidine rings is 1. The summed E-state index contributed by atoms with van der Waals surface area (Å²) in [6.45, 7) is 9.74. The second-order valence-electron chi connectivity index (χ2n) is 5.99. The van der Waals surface area contributed by atoms with E-state index in [9.17, 15) is 0 Å². The lowest BCUT2D eigenvalue weighted by molar-refractivity contribution is 0.416. The van der Waals surface area contributed by atoms with Crippen LogP contribution < -0.4 is 10.6 Å². The predicted molar refractivity (Wildman–Crippen MR) is 81.7 cm³/mol. The van der Waals surface area contributed by atoms with E-state index in [4.69, 9.17) is 5.73 Å². The number of nitrogen functional groups attached to an aromatic ring is 1. The highest BCUT2D eigenvalue weighted by Gasteiger charge is 2.28. The lowest BCUT2D eigenvalue weighted by atomic mass is 9.98. The average molecular weight is 264 g/mol. The Morgan fingerprint density at radius 3 is 2.74 bits per heavy atom. The minimum Gasteiger partial charge on any atom is -0.394 e. The minimum atomic E-state index is 0.357. The first-order valence-electron chi connectivity index (χ1n) is 7.67. The van der Waals surface area contributed by atoms with Crippen molar-refractivity contribution in [3.05, 3.63) is 5.69 Å². The lowest BCUT2D eigenvalue weighted by Gasteiger charge is -2.38. The highest BCUT2D eigenvalue weighted by Crippen LogP contribution is 2.34. The van der Waals surface area contributed by atoms with Crippen LogP contribution >= 0.6 is 0 Å². The van der Waals surface area contributed by atoms with Crippen molar-refractivity contribution in [3.8, 4) is 0 Å². The maximum atomic E-state index is 6.31. The van der Waals surface area contributed by atoms with Crippen molar-refractivity contribution in [2.45, 2.75) is 71.9 Å². The molecule has 1 aliphatic rings. The molecule has 1 saturated heterocycles. The molecule has 2 heterocycles. The Hall–Kier alpha value is -1.19. The summed E-state index contributed by atoms with van der Waals surface area (Å²) in [5.74, 6) is 1.16. The second kappa shape index (κ2) is 5.85. The summed E-state index contributed by atoms with van der Waals surface area (Å²) in [5.41, 5.74) is 8.14. The fraction of sp³-hybridized carbons (Fsp3) is 0.800. The van der Waals surface area contributed by atoms with E-state index in [2.05, 4.69) is 35.5 Å². The molecule has 2 N–H and O–H groups in total. The first-order valence-corrected chi connectivity index (χ1v) is 7.67. The van der Waals surface area contributed by atoms with Crippen molar-refractivity contribution in [3.63, 3.8) is 0 Å². The summed E-state index contributed by atoms with van der Waals surface area (Å²) in [6.07, 6.45) is 6.38. The normalized spacial score (nSPS) is 20.3. The van der Waals surface area contributed by atoms with Crippen molar-refractivity contribution in [1.82, 2.24) is 9.78 Å². The fourth-order valence-electron chi connectivity index (χ4n) is 3.11. The SMILES string of the molecule is CCCC1CCCCN1c1c(N)c(C)nn1C(C)C. The predicted octanol–water partition coefficient (Wildman–Crippen LogP) is 3.51. The standard InChI is InChI=1S/C15H28N4/c1-5-8-13-9-6-7-10-18(13)15-14(16)12(4)17-19(15)11(2)3/h11,13H,5-10,16H2,1-4H3. The summed E-state index contributed by atoms with van der Waals surface area (Å²) >= 11 is 0. The highest BCUT2D eigenvalue weighted by molar-refractivity contribution is 5.67. The van der Waals surface area contributed by atoms with Gasteiger partial charge in [-0.1, -0.05) is 13.3 Å². The van der Waals surface area contributed by atoms with Crippen molar-refractivity contribution in [2.75, 3.05) is 17.2 Å². The molecule has 1 aromatic rings. The van der Waals surface area contributed by atoms with E-state index in [-0.39, 0.29) is 0 Å². The number of aryl methyl sites for hydroxylation is 1. The van der Waals surface area contributed by atoms with Gasteiger partial charge in [0.1, 0.15) is 0 Å². The number of nitrogens with two attached hydrogens (primary N) is 1. The molecule has 4 nitrogen and oxygen atoms in total. The molecular weight excluding hydrogens is 236 g/mol. The maximum absolute atomic E-state index is 6.31. The molecule has 19 heavy (non-hydrogen) atoms.